The molecule has 0 aliphatic carbocycles. The lowest BCUT2D eigenvalue weighted by molar-refractivity contribution is 0.0579. The number of nitrogens with one attached hydrogen (secondary N) is 1. The van der Waals surface area contributed by atoms with Gasteiger partial charge in [-0.05, 0) is 12.5 Å². The molecule has 0 fully saturated rings. The maximum Gasteiger partial charge on any atom is 0.339 e. The number of aromatic carboxylic acids is 1. The maximum atomic E-state index is 12.2. The smallest absolute Gasteiger partial charge is 0.339 e. The van der Waals surface area contributed by atoms with E-state index in [1.807, 2.05) is 37.3 Å². The van der Waals surface area contributed by atoms with E-state index in [0.717, 1.165) is 5.56 Å². The molecule has 1 atom stereocenters. The Labute approximate surface area is 140 Å². The monoisotopic (exact) mass is 331 g/mol. The van der Waals surface area contributed by atoms with Crippen molar-refractivity contribution in [2.75, 3.05) is 13.2 Å². The molecule has 0 bridgehead atoms. The van der Waals surface area contributed by atoms with Gasteiger partial charge in [0, 0.05) is 25.6 Å². The topological polar surface area (TPSA) is 88.8 Å². The Hall–Kier alpha value is -2.60. The highest BCUT2D eigenvalue weighted by Crippen LogP contribution is 2.18. The van der Waals surface area contributed by atoms with Crippen molar-refractivity contribution in [2.24, 2.45) is 0 Å². The average Bonchev–Trinajstić information content (AvgIpc) is 3.04. The number of carbonyl (C=O) groups excluding carboxylic acids is 1. The number of aryl methyl sites for hydroxylation is 1. The van der Waals surface area contributed by atoms with Crippen LogP contribution in [0.3, 0.4) is 0 Å². The van der Waals surface area contributed by atoms with Gasteiger partial charge in [0.25, 0.3) is 5.91 Å². The van der Waals surface area contributed by atoms with Crippen LogP contribution in [0.25, 0.3) is 0 Å². The van der Waals surface area contributed by atoms with E-state index in [2.05, 4.69) is 5.32 Å². The molecule has 2 N–H and O–H groups in total. The van der Waals surface area contributed by atoms with E-state index < -0.39 is 11.9 Å². The first-order chi connectivity index (χ1) is 11.6. The number of ether oxygens (including phenoxy) is 1. The zero-order chi connectivity index (χ0) is 17.5. The predicted octanol–water partition coefficient (Wildman–Crippen LogP) is 3.05. The second-order valence-corrected chi connectivity index (χ2v) is 5.17. The molecule has 0 spiro atoms. The number of benzene rings is 1. The summed E-state index contributed by atoms with van der Waals surface area (Å²) in [5.41, 5.74) is 0.978. The molecule has 0 saturated heterocycles. The van der Waals surface area contributed by atoms with Crippen LogP contribution in [0.5, 0.6) is 0 Å². The Kier molecular flexibility index (Phi) is 6.14. The number of carbonyl (C=O) groups is 2. The highest BCUT2D eigenvalue weighted by Gasteiger charge is 2.21. The molecule has 2 aromatic rings. The minimum atomic E-state index is -1.11. The van der Waals surface area contributed by atoms with E-state index in [1.54, 1.807) is 6.92 Å². The number of carboxylic acid groups (broad SMARTS) is 1. The Balaban J connectivity index is 2.07. The second kappa shape index (κ2) is 8.31. The van der Waals surface area contributed by atoms with Gasteiger partial charge in [-0.25, -0.2) is 4.79 Å². The molecule has 6 nitrogen and oxygen atoms in total. The van der Waals surface area contributed by atoms with E-state index in [1.165, 1.54) is 6.07 Å². The Morgan fingerprint density at radius 2 is 1.96 bits per heavy atom. The summed E-state index contributed by atoms with van der Waals surface area (Å²) in [4.78, 5) is 23.4. The van der Waals surface area contributed by atoms with E-state index in [0.29, 0.717) is 13.0 Å². The van der Waals surface area contributed by atoms with Gasteiger partial charge in [-0.3, -0.25) is 4.79 Å². The first kappa shape index (κ1) is 17.7. The first-order valence-electron chi connectivity index (χ1n) is 7.87. The van der Waals surface area contributed by atoms with Crippen LogP contribution in [-0.4, -0.2) is 30.1 Å². The number of furan rings is 1. The molecule has 1 aromatic heterocycles. The van der Waals surface area contributed by atoms with Crippen molar-refractivity contribution in [3.05, 3.63) is 59.0 Å². The Bertz CT molecular complexity index is 693. The van der Waals surface area contributed by atoms with Gasteiger partial charge >= 0.3 is 5.97 Å². The third-order valence-corrected chi connectivity index (χ3v) is 3.57. The minimum Gasteiger partial charge on any atom is -0.478 e. The Morgan fingerprint density at radius 1 is 1.25 bits per heavy atom. The van der Waals surface area contributed by atoms with E-state index >= 15 is 0 Å². The number of hydrogen-bond donors (Lipinski definition) is 2. The van der Waals surface area contributed by atoms with Gasteiger partial charge in [0.2, 0.25) is 0 Å². The molecular weight excluding hydrogens is 310 g/mol. The average molecular weight is 331 g/mol. The fraction of sp³-hybridized carbons (Fsp3) is 0.333. The van der Waals surface area contributed by atoms with Crippen LogP contribution in [0.1, 0.15) is 52.2 Å². The van der Waals surface area contributed by atoms with Crippen LogP contribution in [0, 0.1) is 0 Å². The molecule has 1 amide bonds. The molecule has 1 unspecified atom stereocenters. The van der Waals surface area contributed by atoms with Gasteiger partial charge in [0.05, 0.1) is 6.10 Å². The lowest BCUT2D eigenvalue weighted by Gasteiger charge is -2.17. The van der Waals surface area contributed by atoms with Crippen LogP contribution >= 0.6 is 0 Å². The third kappa shape index (κ3) is 4.23. The standard InChI is InChI=1S/C18H21NO5/c1-3-14-13(18(21)22)10-15(24-14)17(20)19-11-16(23-4-2)12-8-6-5-7-9-12/h5-10,16H,3-4,11H2,1-2H3,(H,19,20)(H,21,22). The molecule has 0 radical (unpaired) electrons. The first-order valence-corrected chi connectivity index (χ1v) is 7.87. The summed E-state index contributed by atoms with van der Waals surface area (Å²) in [6.07, 6.45) is 0.125. The SMILES string of the molecule is CCOC(CNC(=O)c1cc(C(=O)O)c(CC)o1)c1ccccc1. The van der Waals surface area contributed by atoms with Crippen LogP contribution < -0.4 is 5.32 Å². The highest BCUT2D eigenvalue weighted by atomic mass is 16.5. The summed E-state index contributed by atoms with van der Waals surface area (Å²) in [5, 5.41) is 11.9. The van der Waals surface area contributed by atoms with Crippen molar-refractivity contribution in [1.29, 1.82) is 0 Å². The van der Waals surface area contributed by atoms with Crippen molar-refractivity contribution >= 4 is 11.9 Å². The number of rotatable bonds is 8. The number of amides is 1. The fourth-order valence-corrected chi connectivity index (χ4v) is 2.40. The van der Waals surface area contributed by atoms with Crippen molar-refractivity contribution in [2.45, 2.75) is 26.4 Å². The molecular formula is C18H21NO5. The predicted molar refractivity (Wildman–Crippen MR) is 88.2 cm³/mol. The molecule has 24 heavy (non-hydrogen) atoms. The molecule has 1 heterocycles. The molecule has 0 aliphatic heterocycles. The normalized spacial score (nSPS) is 11.9. The van der Waals surface area contributed by atoms with Crippen molar-refractivity contribution in [1.82, 2.24) is 5.32 Å². The number of carboxylic acids is 1. The highest BCUT2D eigenvalue weighted by molar-refractivity contribution is 5.96. The van der Waals surface area contributed by atoms with E-state index in [-0.39, 0.29) is 29.7 Å². The summed E-state index contributed by atoms with van der Waals surface area (Å²) in [6, 6.07) is 10.8. The lowest BCUT2D eigenvalue weighted by atomic mass is 10.1. The summed E-state index contributed by atoms with van der Waals surface area (Å²) in [6.45, 7) is 4.44. The van der Waals surface area contributed by atoms with Gasteiger partial charge in [-0.1, -0.05) is 37.3 Å². The molecule has 0 saturated carbocycles. The molecule has 1 aromatic carbocycles. The van der Waals surface area contributed by atoms with Crippen molar-refractivity contribution in [3.8, 4) is 0 Å². The molecule has 2 rings (SSSR count). The summed E-state index contributed by atoms with van der Waals surface area (Å²) >= 11 is 0. The van der Waals surface area contributed by atoms with Gasteiger partial charge in [0.15, 0.2) is 5.76 Å². The lowest BCUT2D eigenvalue weighted by Crippen LogP contribution is -2.29. The van der Waals surface area contributed by atoms with Gasteiger partial charge in [-0.2, -0.15) is 0 Å². The minimum absolute atomic E-state index is 0.00689. The Morgan fingerprint density at radius 3 is 2.50 bits per heavy atom. The zero-order valence-electron chi connectivity index (χ0n) is 13.7. The van der Waals surface area contributed by atoms with Crippen molar-refractivity contribution in [3.63, 3.8) is 0 Å². The molecule has 0 aliphatic rings. The summed E-state index contributed by atoms with van der Waals surface area (Å²) in [7, 11) is 0. The van der Waals surface area contributed by atoms with Gasteiger partial charge in [0.1, 0.15) is 11.3 Å². The second-order valence-electron chi connectivity index (χ2n) is 5.17. The van der Waals surface area contributed by atoms with Gasteiger partial charge < -0.3 is 19.6 Å². The maximum absolute atomic E-state index is 12.2. The summed E-state index contributed by atoms with van der Waals surface area (Å²) < 4.78 is 11.0. The van der Waals surface area contributed by atoms with Gasteiger partial charge in [-0.15, -0.1) is 0 Å². The van der Waals surface area contributed by atoms with E-state index in [4.69, 9.17) is 14.3 Å². The molecule has 6 heteroatoms. The summed E-state index contributed by atoms with van der Waals surface area (Å²) in [5.74, 6) is -1.28. The van der Waals surface area contributed by atoms with E-state index in [9.17, 15) is 9.59 Å². The van der Waals surface area contributed by atoms with Crippen LogP contribution in [0.15, 0.2) is 40.8 Å². The zero-order valence-corrected chi connectivity index (χ0v) is 13.7. The molecule has 128 valence electrons. The largest absolute Gasteiger partial charge is 0.478 e. The van der Waals surface area contributed by atoms with Crippen LogP contribution in [0.2, 0.25) is 0 Å². The number of hydrogen-bond acceptors (Lipinski definition) is 4. The van der Waals surface area contributed by atoms with Crippen molar-refractivity contribution < 1.29 is 23.8 Å². The fourth-order valence-electron chi connectivity index (χ4n) is 2.40. The third-order valence-electron chi connectivity index (χ3n) is 3.57. The quantitative estimate of drug-likeness (QED) is 0.776. The van der Waals surface area contributed by atoms with Crippen LogP contribution in [-0.2, 0) is 11.2 Å². The van der Waals surface area contributed by atoms with Crippen LogP contribution in [0.4, 0.5) is 0 Å².